The van der Waals surface area contributed by atoms with Crippen molar-refractivity contribution in [2.24, 2.45) is 0 Å². The Morgan fingerprint density at radius 1 is 1.04 bits per heavy atom. The Balaban J connectivity index is 1.75. The molecule has 2 N–H and O–H groups in total. The van der Waals surface area contributed by atoms with E-state index in [1.165, 1.54) is 0 Å². The smallest absolute Gasteiger partial charge is 0.277 e. The molecule has 2 aliphatic rings. The Morgan fingerprint density at radius 3 is 2.65 bits per heavy atom. The molecule has 5 rings (SSSR count). The minimum Gasteiger partial charge on any atom is -0.343 e. The quantitative estimate of drug-likeness (QED) is 0.728. The predicted molar refractivity (Wildman–Crippen MR) is 102 cm³/mol. The molecule has 1 aromatic carbocycles. The minimum atomic E-state index is -0.289. The Labute approximate surface area is 154 Å². The topological polar surface area (TPSA) is 66.9 Å². The van der Waals surface area contributed by atoms with E-state index >= 15 is 0 Å². The summed E-state index contributed by atoms with van der Waals surface area (Å²) >= 11 is 1.59. The van der Waals surface area contributed by atoms with Gasteiger partial charge in [-0.2, -0.15) is 0 Å². The van der Waals surface area contributed by atoms with Gasteiger partial charge in [-0.25, -0.2) is 4.68 Å². The molecule has 0 bridgehead atoms. The number of aromatic nitrogens is 2. The second-order valence-corrected chi connectivity index (χ2v) is 7.60. The van der Waals surface area contributed by atoms with Crippen LogP contribution in [0.2, 0.25) is 0 Å². The number of nitrogens with one attached hydrogen (secondary N) is 2. The second kappa shape index (κ2) is 5.85. The zero-order valence-corrected chi connectivity index (χ0v) is 14.8. The number of Topliss-reactive ketones (excluding diaryl/α,β-unsaturated/α-hetero) is 1. The van der Waals surface area contributed by atoms with Crippen LogP contribution in [0.25, 0.3) is 5.69 Å². The first-order valence-electron chi connectivity index (χ1n) is 8.71. The van der Waals surface area contributed by atoms with Gasteiger partial charge in [0.1, 0.15) is 5.82 Å². The summed E-state index contributed by atoms with van der Waals surface area (Å²) in [7, 11) is 0. The lowest BCUT2D eigenvalue weighted by atomic mass is 9.79. The molecule has 5 nitrogen and oxygen atoms in total. The number of H-pyrrole nitrogens is 1. The summed E-state index contributed by atoms with van der Waals surface area (Å²) in [5, 5.41) is 8.54. The fourth-order valence-electron chi connectivity index (χ4n) is 3.94. The van der Waals surface area contributed by atoms with Crippen LogP contribution in [-0.2, 0) is 4.79 Å². The number of aromatic amines is 1. The highest BCUT2D eigenvalue weighted by molar-refractivity contribution is 7.10. The molecule has 0 spiro atoms. The number of thiophene rings is 1. The molecule has 0 fully saturated rings. The fraction of sp³-hybridized carbons (Fsp3) is 0.200. The summed E-state index contributed by atoms with van der Waals surface area (Å²) in [5.74, 6) is 0.558. The number of benzene rings is 1. The van der Waals surface area contributed by atoms with Gasteiger partial charge in [-0.05, 0) is 36.4 Å². The van der Waals surface area contributed by atoms with Crippen LogP contribution in [-0.4, -0.2) is 15.6 Å². The van der Waals surface area contributed by atoms with E-state index in [1.54, 1.807) is 16.0 Å². The van der Waals surface area contributed by atoms with Crippen molar-refractivity contribution in [2.75, 3.05) is 5.32 Å². The largest absolute Gasteiger partial charge is 0.343 e. The van der Waals surface area contributed by atoms with Crippen molar-refractivity contribution in [3.8, 4) is 5.69 Å². The molecule has 2 aromatic heterocycles. The summed E-state index contributed by atoms with van der Waals surface area (Å²) in [5.41, 5.74) is 3.02. The summed E-state index contributed by atoms with van der Waals surface area (Å²) in [6, 6.07) is 13.5. The second-order valence-electron chi connectivity index (χ2n) is 6.62. The minimum absolute atomic E-state index is 0.109. The molecule has 3 heterocycles. The van der Waals surface area contributed by atoms with Crippen LogP contribution < -0.4 is 10.9 Å². The summed E-state index contributed by atoms with van der Waals surface area (Å²) in [4.78, 5) is 27.0. The molecule has 1 atom stereocenters. The van der Waals surface area contributed by atoms with E-state index in [-0.39, 0.29) is 17.3 Å². The molecule has 0 unspecified atom stereocenters. The third kappa shape index (κ3) is 2.22. The van der Waals surface area contributed by atoms with Crippen LogP contribution >= 0.6 is 11.3 Å². The van der Waals surface area contributed by atoms with Crippen LogP contribution in [0, 0.1) is 0 Å². The summed E-state index contributed by atoms with van der Waals surface area (Å²) in [6.07, 6.45) is 2.23. The van der Waals surface area contributed by atoms with Gasteiger partial charge >= 0.3 is 0 Å². The van der Waals surface area contributed by atoms with Crippen molar-refractivity contribution < 1.29 is 4.79 Å². The highest BCUT2D eigenvalue weighted by atomic mass is 32.1. The number of hydrogen-bond acceptors (Lipinski definition) is 4. The normalized spacial score (nSPS) is 19.1. The van der Waals surface area contributed by atoms with Crippen molar-refractivity contribution >= 4 is 22.9 Å². The first kappa shape index (κ1) is 15.4. The third-order valence-corrected chi connectivity index (χ3v) is 6.02. The van der Waals surface area contributed by atoms with E-state index in [0.717, 1.165) is 34.7 Å². The van der Waals surface area contributed by atoms with Gasteiger partial charge in [0.05, 0.1) is 17.2 Å². The van der Waals surface area contributed by atoms with Gasteiger partial charge in [0.2, 0.25) is 0 Å². The zero-order chi connectivity index (χ0) is 17.7. The fourth-order valence-corrected chi connectivity index (χ4v) is 4.78. The van der Waals surface area contributed by atoms with Crippen molar-refractivity contribution in [3.63, 3.8) is 0 Å². The number of ketones is 1. The van der Waals surface area contributed by atoms with Crippen molar-refractivity contribution in [2.45, 2.75) is 25.2 Å². The van der Waals surface area contributed by atoms with E-state index in [0.29, 0.717) is 17.8 Å². The van der Waals surface area contributed by atoms with Crippen molar-refractivity contribution in [1.29, 1.82) is 0 Å². The number of nitrogens with zero attached hydrogens (tertiary/aromatic N) is 1. The van der Waals surface area contributed by atoms with Crippen molar-refractivity contribution in [3.05, 3.63) is 79.9 Å². The Morgan fingerprint density at radius 2 is 1.88 bits per heavy atom. The van der Waals surface area contributed by atoms with Crippen LogP contribution in [0.3, 0.4) is 0 Å². The zero-order valence-electron chi connectivity index (χ0n) is 14.0. The Kier molecular flexibility index (Phi) is 3.46. The average molecular weight is 363 g/mol. The lowest BCUT2D eigenvalue weighted by Crippen LogP contribution is -2.29. The van der Waals surface area contributed by atoms with Gasteiger partial charge in [0.15, 0.2) is 5.78 Å². The number of fused-ring (bicyclic) bond motifs is 1. The molecule has 1 aliphatic carbocycles. The van der Waals surface area contributed by atoms with Gasteiger partial charge in [-0.15, -0.1) is 11.3 Å². The van der Waals surface area contributed by atoms with Crippen LogP contribution in [0.5, 0.6) is 0 Å². The highest BCUT2D eigenvalue weighted by Crippen LogP contribution is 2.44. The maximum atomic E-state index is 13.3. The molecule has 0 saturated heterocycles. The number of carbonyl (C=O) groups is 1. The first-order valence-corrected chi connectivity index (χ1v) is 9.59. The molecule has 6 heteroatoms. The number of anilines is 1. The third-order valence-electron chi connectivity index (χ3n) is 5.08. The average Bonchev–Trinajstić information content (AvgIpc) is 3.30. The lowest BCUT2D eigenvalue weighted by Gasteiger charge is -2.30. The number of hydrogen-bond donors (Lipinski definition) is 2. The van der Waals surface area contributed by atoms with Gasteiger partial charge in [-0.3, -0.25) is 14.7 Å². The number of para-hydroxylation sites is 1. The van der Waals surface area contributed by atoms with E-state index in [2.05, 4.69) is 10.4 Å². The molecule has 0 radical (unpaired) electrons. The summed E-state index contributed by atoms with van der Waals surface area (Å²) in [6.45, 7) is 0. The highest BCUT2D eigenvalue weighted by Gasteiger charge is 2.39. The van der Waals surface area contributed by atoms with Gasteiger partial charge in [0.25, 0.3) is 5.56 Å². The Hall–Kier alpha value is -2.86. The van der Waals surface area contributed by atoms with E-state index < -0.39 is 0 Å². The van der Waals surface area contributed by atoms with E-state index in [1.807, 2.05) is 47.8 Å². The summed E-state index contributed by atoms with van der Waals surface area (Å²) < 4.78 is 1.56. The Bertz CT molecular complexity index is 1070. The van der Waals surface area contributed by atoms with Gasteiger partial charge < -0.3 is 5.32 Å². The molecule has 0 amide bonds. The number of carbonyl (C=O) groups excluding carboxylic acids is 1. The van der Waals surface area contributed by atoms with Crippen LogP contribution in [0.4, 0.5) is 5.82 Å². The van der Waals surface area contributed by atoms with E-state index in [9.17, 15) is 9.59 Å². The van der Waals surface area contributed by atoms with Gasteiger partial charge in [0, 0.05) is 22.6 Å². The monoisotopic (exact) mass is 363 g/mol. The van der Waals surface area contributed by atoms with Crippen LogP contribution in [0.15, 0.2) is 63.9 Å². The molecule has 0 saturated carbocycles. The maximum Gasteiger partial charge on any atom is 0.277 e. The molecular weight excluding hydrogens is 346 g/mol. The molecule has 3 aromatic rings. The standard InChI is InChI=1S/C20H17N3O2S/c24-14-9-4-8-13-16(14)17(15-10-5-11-26-15)18-19(21-13)22-23(20(18)25)12-6-2-1-3-7-12/h1-3,5-7,10-11,17,21-22H,4,8-9H2/t17-/m0/s1. The number of rotatable bonds is 2. The maximum absolute atomic E-state index is 13.3. The molecule has 130 valence electrons. The lowest BCUT2D eigenvalue weighted by molar-refractivity contribution is -0.116. The predicted octanol–water partition coefficient (Wildman–Crippen LogP) is 3.79. The van der Waals surface area contributed by atoms with Crippen LogP contribution in [0.1, 0.15) is 35.6 Å². The van der Waals surface area contributed by atoms with Crippen molar-refractivity contribution in [1.82, 2.24) is 9.78 Å². The number of allylic oxidation sites excluding steroid dienone is 2. The molecule has 26 heavy (non-hydrogen) atoms. The molecule has 1 aliphatic heterocycles. The first-order chi connectivity index (χ1) is 12.7. The van der Waals surface area contributed by atoms with Gasteiger partial charge in [-0.1, -0.05) is 24.3 Å². The SMILES string of the molecule is O=C1CCCC2=C1[C@H](c1cccs1)c1c([nH]n(-c3ccccc3)c1=O)N2. The molecular formula is C20H17N3O2S. The van der Waals surface area contributed by atoms with E-state index in [4.69, 9.17) is 0 Å².